The van der Waals surface area contributed by atoms with Crippen molar-refractivity contribution < 1.29 is 15.1 Å². The largest absolute Gasteiger partial charge is 0.478 e. The molecule has 4 nitrogen and oxygen atoms in total. The van der Waals surface area contributed by atoms with E-state index < -0.39 is 5.97 Å². The number of aromatic carboxylic acids is 1. The zero-order valence-electron chi connectivity index (χ0n) is 18.0. The van der Waals surface area contributed by atoms with Crippen LogP contribution in [0.4, 0.5) is 0 Å². The van der Waals surface area contributed by atoms with Crippen molar-refractivity contribution >= 4 is 11.7 Å². The molecule has 154 valence electrons. The monoisotopic (exact) mass is 393 g/mol. The first kappa shape index (κ1) is 21.1. The molecule has 4 heteroatoms. The molecule has 2 aromatic rings. The van der Waals surface area contributed by atoms with Crippen LogP contribution < -0.4 is 0 Å². The number of nitrogens with zero attached hydrogens (tertiary/aromatic N) is 1. The minimum Gasteiger partial charge on any atom is -0.478 e. The van der Waals surface area contributed by atoms with Crippen LogP contribution in [0.25, 0.3) is 0 Å². The first-order chi connectivity index (χ1) is 13.5. The topological polar surface area (TPSA) is 69.9 Å². The van der Waals surface area contributed by atoms with Crippen LogP contribution in [0.15, 0.2) is 47.6 Å². The predicted molar refractivity (Wildman–Crippen MR) is 116 cm³/mol. The molecule has 3 rings (SSSR count). The fraction of sp³-hybridized carbons (Fsp3) is 0.440. The summed E-state index contributed by atoms with van der Waals surface area (Å²) in [5.74, 6) is -0.907. The number of hydrogen-bond donors (Lipinski definition) is 2. The lowest BCUT2D eigenvalue weighted by Crippen LogP contribution is -2.34. The minimum atomic E-state index is -0.936. The summed E-state index contributed by atoms with van der Waals surface area (Å²) in [4.78, 5) is 11.3. The Kier molecular flexibility index (Phi) is 5.57. The Morgan fingerprint density at radius 2 is 1.66 bits per heavy atom. The van der Waals surface area contributed by atoms with E-state index >= 15 is 0 Å². The lowest BCUT2D eigenvalue weighted by atomic mass is 9.63. The van der Waals surface area contributed by atoms with Gasteiger partial charge in [-0.25, -0.2) is 4.79 Å². The van der Waals surface area contributed by atoms with Gasteiger partial charge in [0, 0.05) is 6.42 Å². The van der Waals surface area contributed by atoms with Crippen LogP contribution in [-0.2, 0) is 10.8 Å². The summed E-state index contributed by atoms with van der Waals surface area (Å²) in [6.45, 7) is 11.2. The number of carbonyl (C=O) groups is 1. The molecule has 1 atom stereocenters. The second kappa shape index (κ2) is 7.66. The number of fused-ring (bicyclic) bond motifs is 1. The molecule has 0 spiro atoms. The molecule has 0 saturated heterocycles. The van der Waals surface area contributed by atoms with Gasteiger partial charge in [-0.1, -0.05) is 64.0 Å². The second-order valence-corrected chi connectivity index (χ2v) is 9.61. The average molecular weight is 394 g/mol. The summed E-state index contributed by atoms with van der Waals surface area (Å²) >= 11 is 0. The van der Waals surface area contributed by atoms with Gasteiger partial charge in [-0.2, -0.15) is 0 Å². The van der Waals surface area contributed by atoms with E-state index in [0.717, 1.165) is 24.0 Å². The van der Waals surface area contributed by atoms with Gasteiger partial charge in [-0.3, -0.25) is 0 Å². The van der Waals surface area contributed by atoms with Gasteiger partial charge in [0.25, 0.3) is 0 Å². The molecule has 2 aromatic carbocycles. The fourth-order valence-electron chi connectivity index (χ4n) is 4.37. The van der Waals surface area contributed by atoms with Gasteiger partial charge in [-0.15, -0.1) is 0 Å². The quantitative estimate of drug-likeness (QED) is 0.366. The lowest BCUT2D eigenvalue weighted by molar-refractivity contribution is 0.0696. The Morgan fingerprint density at radius 3 is 2.28 bits per heavy atom. The first-order valence-electron chi connectivity index (χ1n) is 10.2. The number of carboxylic acids is 1. The molecule has 0 radical (unpaired) electrons. The molecule has 0 fully saturated rings. The molecule has 0 heterocycles. The van der Waals surface area contributed by atoms with E-state index in [4.69, 9.17) is 0 Å². The number of carboxylic acid groups (broad SMARTS) is 1. The highest BCUT2D eigenvalue weighted by Gasteiger charge is 2.37. The summed E-state index contributed by atoms with van der Waals surface area (Å²) in [5.41, 5.74) is 5.68. The predicted octanol–water partition coefficient (Wildman–Crippen LogP) is 6.11. The summed E-state index contributed by atoms with van der Waals surface area (Å²) in [7, 11) is 0. The van der Waals surface area contributed by atoms with Crippen molar-refractivity contribution in [1.82, 2.24) is 0 Å². The number of benzene rings is 2. The van der Waals surface area contributed by atoms with Crippen LogP contribution in [0.3, 0.4) is 0 Å². The first-order valence-corrected chi connectivity index (χ1v) is 10.2. The molecule has 0 aromatic heterocycles. The van der Waals surface area contributed by atoms with Crippen LogP contribution in [0.2, 0.25) is 0 Å². The molecule has 0 saturated carbocycles. The van der Waals surface area contributed by atoms with Gasteiger partial charge in [0.15, 0.2) is 0 Å². The van der Waals surface area contributed by atoms with E-state index in [-0.39, 0.29) is 22.3 Å². The summed E-state index contributed by atoms with van der Waals surface area (Å²) in [5, 5.41) is 22.6. The lowest BCUT2D eigenvalue weighted by Gasteiger charge is -2.42. The van der Waals surface area contributed by atoms with E-state index in [0.29, 0.717) is 12.1 Å². The Balaban J connectivity index is 1.92. The number of rotatable bonds is 5. The summed E-state index contributed by atoms with van der Waals surface area (Å²) in [6, 6.07) is 13.4. The highest BCUT2D eigenvalue weighted by Crippen LogP contribution is 2.46. The molecular weight excluding hydrogens is 362 g/mol. The van der Waals surface area contributed by atoms with E-state index in [9.17, 15) is 15.1 Å². The third-order valence-electron chi connectivity index (χ3n) is 6.51. The summed E-state index contributed by atoms with van der Waals surface area (Å²) in [6.07, 6.45) is 2.81. The molecule has 0 amide bonds. The van der Waals surface area contributed by atoms with Gasteiger partial charge in [0.2, 0.25) is 0 Å². The van der Waals surface area contributed by atoms with Crippen molar-refractivity contribution in [2.24, 2.45) is 5.16 Å². The third kappa shape index (κ3) is 4.21. The average Bonchev–Trinajstić information content (AvgIpc) is 2.69. The minimum absolute atomic E-state index is 0.0284. The van der Waals surface area contributed by atoms with Crippen LogP contribution in [0.1, 0.15) is 92.4 Å². The highest BCUT2D eigenvalue weighted by molar-refractivity contribution is 6.01. The van der Waals surface area contributed by atoms with Crippen LogP contribution in [-0.4, -0.2) is 22.0 Å². The van der Waals surface area contributed by atoms with Gasteiger partial charge in [0.05, 0.1) is 11.3 Å². The maximum absolute atomic E-state index is 11.3. The molecule has 0 bridgehead atoms. The van der Waals surface area contributed by atoms with Gasteiger partial charge < -0.3 is 10.3 Å². The fourth-order valence-corrected chi connectivity index (χ4v) is 4.37. The van der Waals surface area contributed by atoms with Crippen molar-refractivity contribution in [3.05, 3.63) is 70.3 Å². The van der Waals surface area contributed by atoms with Crippen molar-refractivity contribution in [3.63, 3.8) is 0 Å². The SMILES string of the molecule is CC(C/C(=N\O)c1ccc2c(c1)C(C)(C)CCC2(C)C)c1cccc(C(=O)O)c1. The molecule has 29 heavy (non-hydrogen) atoms. The standard InChI is InChI=1S/C25H31NO3/c1-16(17-7-6-8-19(14-17)23(27)28)13-22(26-29)18-9-10-20-21(15-18)25(4,5)12-11-24(20,2)3/h6-10,14-16,29H,11-13H2,1-5H3,(H,27,28)/b26-22+. The zero-order valence-corrected chi connectivity index (χ0v) is 18.0. The Bertz CT molecular complexity index is 956. The van der Waals surface area contributed by atoms with Crippen molar-refractivity contribution in [2.45, 2.75) is 70.6 Å². The molecule has 1 aliphatic rings. The second-order valence-electron chi connectivity index (χ2n) is 9.61. The van der Waals surface area contributed by atoms with E-state index in [1.807, 2.05) is 13.0 Å². The molecule has 0 aliphatic heterocycles. The van der Waals surface area contributed by atoms with E-state index in [1.165, 1.54) is 11.1 Å². The number of hydrogen-bond acceptors (Lipinski definition) is 3. The smallest absolute Gasteiger partial charge is 0.335 e. The van der Waals surface area contributed by atoms with Crippen LogP contribution in [0.5, 0.6) is 0 Å². The van der Waals surface area contributed by atoms with Crippen molar-refractivity contribution in [3.8, 4) is 0 Å². The number of oxime groups is 1. The van der Waals surface area contributed by atoms with E-state index in [1.54, 1.807) is 18.2 Å². The molecular formula is C25H31NO3. The Morgan fingerprint density at radius 1 is 1.00 bits per heavy atom. The maximum Gasteiger partial charge on any atom is 0.335 e. The third-order valence-corrected chi connectivity index (χ3v) is 6.51. The molecule has 1 unspecified atom stereocenters. The van der Waals surface area contributed by atoms with Gasteiger partial charge in [0.1, 0.15) is 0 Å². The van der Waals surface area contributed by atoms with Gasteiger partial charge >= 0.3 is 5.97 Å². The van der Waals surface area contributed by atoms with Crippen molar-refractivity contribution in [2.75, 3.05) is 0 Å². The van der Waals surface area contributed by atoms with Crippen molar-refractivity contribution in [1.29, 1.82) is 0 Å². The normalized spacial score (nSPS) is 18.7. The zero-order chi connectivity index (χ0) is 21.4. The summed E-state index contributed by atoms with van der Waals surface area (Å²) < 4.78 is 0. The Hall–Kier alpha value is -2.62. The molecule has 2 N–H and O–H groups in total. The van der Waals surface area contributed by atoms with Crippen LogP contribution in [0, 0.1) is 0 Å². The van der Waals surface area contributed by atoms with E-state index in [2.05, 4.69) is 51.0 Å². The van der Waals surface area contributed by atoms with Crippen LogP contribution >= 0.6 is 0 Å². The highest BCUT2D eigenvalue weighted by atomic mass is 16.4. The molecule has 1 aliphatic carbocycles. The van der Waals surface area contributed by atoms with Gasteiger partial charge in [-0.05, 0) is 70.0 Å². The Labute approximate surface area is 173 Å². The maximum atomic E-state index is 11.3.